The maximum Gasteiger partial charge on any atom is 0.340 e. The molecule has 5 atom stereocenters. The van der Waals surface area contributed by atoms with Crippen LogP contribution in [0.25, 0.3) is 5.73 Å². The van der Waals surface area contributed by atoms with Crippen LogP contribution in [0.2, 0.25) is 0 Å². The Balaban J connectivity index is 0.00000300. The minimum absolute atomic E-state index is 0. The average Bonchev–Trinajstić information content (AvgIpc) is 2.97. The van der Waals surface area contributed by atoms with E-state index in [1.54, 1.807) is 13.8 Å². The number of nitrogens with one attached hydrogen (secondary N) is 1. The molecule has 1 aromatic heterocycles. The van der Waals surface area contributed by atoms with Gasteiger partial charge in [-0.1, -0.05) is 5.82 Å². The minimum atomic E-state index is -4.77. The molecule has 3 unspecified atom stereocenters. The van der Waals surface area contributed by atoms with E-state index in [0.29, 0.717) is 0 Å². The first-order valence-corrected chi connectivity index (χ1v) is 11.7. The van der Waals surface area contributed by atoms with Crippen molar-refractivity contribution >= 4 is 21.0 Å². The standard InChI is InChI=1S/C13H21N3O10P2.Ac/c1-13(2)25-9-7(5-23-28(21,22)6-27(18,19)20)24-11(10(9)26-13)16-4-3-8(14)15-12(16)17;/h3-4,7,9-11H,5-6H2,1-2H3,(H5,14,15,17,18,19,20,21,22);/p-1/t7-,9?,10?,11-;/m1./s1. The van der Waals surface area contributed by atoms with Crippen molar-refractivity contribution in [1.82, 2.24) is 9.55 Å². The summed E-state index contributed by atoms with van der Waals surface area (Å²) in [6.45, 7) is 2.75. The van der Waals surface area contributed by atoms with Gasteiger partial charge in [0.15, 0.2) is 17.9 Å². The summed E-state index contributed by atoms with van der Waals surface area (Å²) in [6, 6.07) is 1.28. The molecule has 0 saturated carbocycles. The molecule has 2 fully saturated rings. The Morgan fingerprint density at radius 3 is 2.48 bits per heavy atom. The topological polar surface area (TPSA) is 190 Å². The van der Waals surface area contributed by atoms with E-state index in [2.05, 4.69) is 4.98 Å². The molecule has 0 aliphatic carbocycles. The van der Waals surface area contributed by atoms with Crippen LogP contribution in [0.4, 0.5) is 5.82 Å². The van der Waals surface area contributed by atoms with Gasteiger partial charge < -0.3 is 44.1 Å². The number of hydrogen-bond donors (Lipinski definition) is 3. The van der Waals surface area contributed by atoms with Gasteiger partial charge in [0.05, 0.1) is 6.61 Å². The van der Waals surface area contributed by atoms with E-state index in [9.17, 15) is 18.8 Å². The molecule has 3 rings (SSSR count). The van der Waals surface area contributed by atoms with Crippen molar-refractivity contribution in [2.24, 2.45) is 0 Å². The first-order chi connectivity index (χ1) is 12.8. The predicted molar refractivity (Wildman–Crippen MR) is 92.9 cm³/mol. The molecule has 1 aromatic rings. The molecule has 2 saturated heterocycles. The summed E-state index contributed by atoms with van der Waals surface area (Å²) < 4.78 is 46.0. The van der Waals surface area contributed by atoms with E-state index < -0.39 is 63.7 Å². The van der Waals surface area contributed by atoms with E-state index in [-0.39, 0.29) is 49.9 Å². The van der Waals surface area contributed by atoms with Gasteiger partial charge in [0, 0.05) is 50.3 Å². The average molecular weight is 667 g/mol. The molecule has 3 heterocycles. The maximum absolute atomic E-state index is 12.1. The van der Waals surface area contributed by atoms with E-state index >= 15 is 0 Å². The quantitative estimate of drug-likeness (QED) is 0.362. The van der Waals surface area contributed by atoms with Gasteiger partial charge in [0.1, 0.15) is 18.3 Å². The zero-order valence-corrected chi connectivity index (χ0v) is 22.0. The Hall–Kier alpha value is 0.302. The summed E-state index contributed by atoms with van der Waals surface area (Å²) in [5.41, 5.74) is 6.65. The molecule has 0 aromatic carbocycles. The van der Waals surface area contributed by atoms with Gasteiger partial charge >= 0.3 is 15.2 Å². The predicted octanol–water partition coefficient (Wildman–Crippen LogP) is 0.682. The molecule has 1 radical (unpaired) electrons. The second-order valence-corrected chi connectivity index (χ2v) is 10.9. The summed E-state index contributed by atoms with van der Waals surface area (Å²) >= 11 is 0. The fraction of sp³-hybridized carbons (Fsp3) is 0.692. The van der Waals surface area contributed by atoms with Crippen LogP contribution in [0.1, 0.15) is 20.1 Å². The van der Waals surface area contributed by atoms with Crippen LogP contribution in [-0.2, 0) is 27.9 Å². The largest absolute Gasteiger partial charge is 0.482 e. The third-order valence-electron chi connectivity index (χ3n) is 4.03. The van der Waals surface area contributed by atoms with Crippen LogP contribution in [0.5, 0.6) is 0 Å². The summed E-state index contributed by atoms with van der Waals surface area (Å²) in [7, 11) is -9.36. The summed E-state index contributed by atoms with van der Waals surface area (Å²) in [6.07, 6.45) is -2.21. The maximum atomic E-state index is 12.1. The number of hydrogen-bond acceptors (Lipinski definition) is 8. The number of fused-ring (bicyclic) bond motifs is 1. The Morgan fingerprint density at radius 1 is 1.28 bits per heavy atom. The molecule has 16 heteroatoms. The van der Waals surface area contributed by atoms with Crippen molar-refractivity contribution in [2.45, 2.75) is 44.2 Å². The zero-order chi connectivity index (χ0) is 20.9. The first-order valence-electron chi connectivity index (χ1n) is 8.09. The fourth-order valence-electron chi connectivity index (χ4n) is 3.09. The Morgan fingerprint density at radius 2 is 1.90 bits per heavy atom. The van der Waals surface area contributed by atoms with Gasteiger partial charge in [0.25, 0.3) is 0 Å². The van der Waals surface area contributed by atoms with Crippen LogP contribution >= 0.6 is 15.2 Å². The monoisotopic (exact) mass is 667 g/mol. The minimum Gasteiger partial charge on any atom is -0.482 e. The van der Waals surface area contributed by atoms with Gasteiger partial charge in [0.2, 0.25) is 5.69 Å². The Labute approximate surface area is 201 Å². The molecular formula is C13H20AcN3O10P2-. The molecule has 0 spiro atoms. The fourth-order valence-corrected chi connectivity index (χ4v) is 5.66. The molecular weight excluding hydrogens is 647 g/mol. The summed E-state index contributed by atoms with van der Waals surface area (Å²) in [4.78, 5) is 43.0. The van der Waals surface area contributed by atoms with Gasteiger partial charge in [-0.3, -0.25) is 18.5 Å². The molecule has 161 valence electrons. The number of aromatic nitrogens is 2. The van der Waals surface area contributed by atoms with E-state index in [0.717, 1.165) is 4.57 Å². The third kappa shape index (κ3) is 6.40. The van der Waals surface area contributed by atoms with Crippen molar-refractivity contribution in [3.05, 3.63) is 28.5 Å². The van der Waals surface area contributed by atoms with Gasteiger partial charge in [-0.05, 0) is 19.9 Å². The number of rotatable bonds is 6. The van der Waals surface area contributed by atoms with Crippen molar-refractivity contribution in [3.63, 3.8) is 0 Å². The molecule has 2 aliphatic rings. The molecule has 2 aliphatic heterocycles. The summed E-state index contributed by atoms with van der Waals surface area (Å²) in [5, 5.41) is 0. The van der Waals surface area contributed by atoms with E-state index in [4.69, 9.17) is 34.3 Å². The molecule has 29 heavy (non-hydrogen) atoms. The molecule has 0 bridgehead atoms. The van der Waals surface area contributed by atoms with Gasteiger partial charge in [-0.2, -0.15) is 0 Å². The molecule has 13 nitrogen and oxygen atoms in total. The van der Waals surface area contributed by atoms with E-state index in [1.165, 1.54) is 12.3 Å². The molecule has 4 N–H and O–H groups in total. The van der Waals surface area contributed by atoms with E-state index in [1.807, 2.05) is 0 Å². The Kier molecular flexibility index (Phi) is 7.97. The normalized spacial score (nSPS) is 30.4. The van der Waals surface area contributed by atoms with Crippen LogP contribution in [0.15, 0.2) is 17.1 Å². The van der Waals surface area contributed by atoms with Crippen molar-refractivity contribution in [1.29, 1.82) is 0 Å². The second kappa shape index (κ2) is 9.04. The van der Waals surface area contributed by atoms with Crippen LogP contribution in [0.3, 0.4) is 0 Å². The van der Waals surface area contributed by atoms with Crippen molar-refractivity contribution in [2.75, 3.05) is 12.5 Å². The summed E-state index contributed by atoms with van der Waals surface area (Å²) in [5.74, 6) is -2.59. The number of ether oxygens (including phenoxy) is 3. The number of nitrogens with zero attached hydrogens (tertiary/aromatic N) is 2. The van der Waals surface area contributed by atoms with Crippen LogP contribution in [-0.4, -0.2) is 60.8 Å². The van der Waals surface area contributed by atoms with Crippen LogP contribution < -0.4 is 5.69 Å². The second-order valence-electron chi connectivity index (χ2n) is 6.87. The van der Waals surface area contributed by atoms with Crippen molar-refractivity contribution in [3.8, 4) is 0 Å². The van der Waals surface area contributed by atoms with Gasteiger partial charge in [-0.15, -0.1) is 0 Å². The Bertz CT molecular complexity index is 905. The molecule has 0 amide bonds. The van der Waals surface area contributed by atoms with Crippen molar-refractivity contribution < 1.29 is 86.6 Å². The van der Waals surface area contributed by atoms with Crippen LogP contribution in [0, 0.1) is 44.1 Å². The zero-order valence-electron chi connectivity index (χ0n) is 15.4. The third-order valence-corrected chi connectivity index (χ3v) is 7.49. The SMILES string of the molecule is CC1(C)OC2C(O1)[C@@H](COP(=O)(O)CP(=O)(O)O)O[C@H]2n1ccc([NH-])nc1=O.[Ac]. The first kappa shape index (κ1) is 25.6. The van der Waals surface area contributed by atoms with Gasteiger partial charge in [-0.25, -0.2) is 0 Å². The smallest absolute Gasteiger partial charge is 0.340 e.